The van der Waals surface area contributed by atoms with E-state index >= 15 is 0 Å². The maximum Gasteiger partial charge on any atom is 0.402 e. The van der Waals surface area contributed by atoms with Gasteiger partial charge in [-0.05, 0) is 13.1 Å². The van der Waals surface area contributed by atoms with E-state index in [0.29, 0.717) is 6.20 Å². The van der Waals surface area contributed by atoms with Gasteiger partial charge in [0.05, 0.1) is 12.2 Å². The molecule has 108 valence electrons. The highest BCUT2D eigenvalue weighted by Crippen LogP contribution is 2.46. The van der Waals surface area contributed by atoms with Crippen LogP contribution in [0.4, 0.5) is 30.7 Å². The van der Waals surface area contributed by atoms with Crippen molar-refractivity contribution in [2.45, 2.75) is 18.4 Å². The van der Waals surface area contributed by atoms with E-state index in [2.05, 4.69) is 4.98 Å². The van der Waals surface area contributed by atoms with Gasteiger partial charge >= 0.3 is 12.4 Å². The number of nitrogens with one attached hydrogen (secondary N) is 1. The van der Waals surface area contributed by atoms with Crippen molar-refractivity contribution >= 4 is 0 Å². The average Bonchev–Trinajstić information content (AvgIpc) is 2.23. The molecule has 0 aliphatic rings. The second-order valence-corrected chi connectivity index (χ2v) is 3.72. The number of halogens is 7. The van der Waals surface area contributed by atoms with Crippen molar-refractivity contribution in [3.05, 3.63) is 29.8 Å². The number of hydrogen-bond donors (Lipinski definition) is 1. The minimum Gasteiger partial charge on any atom is -0.312 e. The summed E-state index contributed by atoms with van der Waals surface area (Å²) in [6.07, 6.45) is -9.63. The Bertz CT molecular complexity index is 413. The maximum absolute atomic E-state index is 13.3. The predicted molar refractivity (Wildman–Crippen MR) is 51.6 cm³/mol. The van der Waals surface area contributed by atoms with Crippen molar-refractivity contribution in [3.63, 3.8) is 0 Å². The largest absolute Gasteiger partial charge is 0.402 e. The molecule has 1 atom stereocenters. The first kappa shape index (κ1) is 15.7. The molecule has 0 amide bonds. The molecule has 9 heteroatoms. The number of rotatable bonds is 3. The molecule has 0 aliphatic heterocycles. The van der Waals surface area contributed by atoms with Crippen LogP contribution in [-0.2, 0) is 0 Å². The predicted octanol–water partition coefficient (Wildman–Crippen LogP) is 3.22. The minimum absolute atomic E-state index is 0.559. The number of alkyl halides is 6. The summed E-state index contributed by atoms with van der Waals surface area (Å²) in [7, 11) is 0.898. The first-order valence-corrected chi connectivity index (χ1v) is 4.99. The molecular weight excluding hydrogens is 281 g/mol. The lowest BCUT2D eigenvalue weighted by Gasteiger charge is -2.30. The molecule has 0 radical (unpaired) electrons. The van der Waals surface area contributed by atoms with Crippen LogP contribution in [-0.4, -0.2) is 24.4 Å². The SMILES string of the molecule is CNC(c1ccncc1F)C(C(F)(F)F)C(F)(F)F. The number of nitrogens with zero attached hydrogens (tertiary/aromatic N) is 1. The Morgan fingerprint density at radius 1 is 1.11 bits per heavy atom. The van der Waals surface area contributed by atoms with Gasteiger partial charge in [0.25, 0.3) is 0 Å². The summed E-state index contributed by atoms with van der Waals surface area (Å²) in [6, 6.07) is -1.50. The lowest BCUT2D eigenvalue weighted by molar-refractivity contribution is -0.292. The fraction of sp³-hybridized carbons (Fsp3) is 0.500. The maximum atomic E-state index is 13.3. The molecule has 2 nitrogen and oxygen atoms in total. The van der Waals surface area contributed by atoms with Crippen LogP contribution >= 0.6 is 0 Å². The number of aromatic nitrogens is 1. The standard InChI is InChI=1S/C10H9F7N2/c1-18-7(5-2-3-19-4-6(5)11)8(9(12,13)14)10(15,16)17/h2-4,7-8,18H,1H3. The molecule has 1 unspecified atom stereocenters. The molecule has 0 aromatic carbocycles. The third kappa shape index (κ3) is 3.55. The van der Waals surface area contributed by atoms with E-state index < -0.39 is 35.7 Å². The Morgan fingerprint density at radius 2 is 1.63 bits per heavy atom. The van der Waals surface area contributed by atoms with Crippen molar-refractivity contribution in [1.29, 1.82) is 0 Å². The Kier molecular flexibility index (Phi) is 4.39. The Balaban J connectivity index is 3.30. The lowest BCUT2D eigenvalue weighted by atomic mass is 9.92. The fourth-order valence-corrected chi connectivity index (χ4v) is 1.70. The molecular formula is C10H9F7N2. The molecule has 0 saturated carbocycles. The summed E-state index contributed by atoms with van der Waals surface area (Å²) in [5.74, 6) is -4.94. The van der Waals surface area contributed by atoms with Gasteiger partial charge in [-0.3, -0.25) is 4.98 Å². The van der Waals surface area contributed by atoms with Gasteiger partial charge < -0.3 is 5.32 Å². The van der Waals surface area contributed by atoms with Crippen LogP contribution in [0.1, 0.15) is 11.6 Å². The van der Waals surface area contributed by atoms with Crippen LogP contribution in [0.25, 0.3) is 0 Å². The normalized spacial score (nSPS) is 14.8. The molecule has 0 fully saturated rings. The first-order valence-electron chi connectivity index (χ1n) is 4.99. The molecule has 1 N–H and O–H groups in total. The highest BCUT2D eigenvalue weighted by molar-refractivity contribution is 5.19. The molecule has 0 saturated heterocycles. The van der Waals surface area contributed by atoms with Gasteiger partial charge in [0.15, 0.2) is 5.92 Å². The van der Waals surface area contributed by atoms with Gasteiger partial charge in [-0.25, -0.2) is 4.39 Å². The third-order valence-corrected chi connectivity index (χ3v) is 2.49. The van der Waals surface area contributed by atoms with E-state index in [1.54, 1.807) is 0 Å². The number of hydrogen-bond acceptors (Lipinski definition) is 2. The summed E-state index contributed by atoms with van der Waals surface area (Å²) in [4.78, 5) is 3.28. The van der Waals surface area contributed by atoms with Crippen molar-refractivity contribution in [1.82, 2.24) is 10.3 Å². The fourth-order valence-electron chi connectivity index (χ4n) is 1.70. The van der Waals surface area contributed by atoms with Crippen molar-refractivity contribution in [2.75, 3.05) is 7.05 Å². The van der Waals surface area contributed by atoms with Crippen LogP contribution in [0.5, 0.6) is 0 Å². The van der Waals surface area contributed by atoms with Crippen LogP contribution < -0.4 is 5.32 Å². The molecule has 1 aromatic rings. The van der Waals surface area contributed by atoms with E-state index in [9.17, 15) is 30.7 Å². The van der Waals surface area contributed by atoms with Crippen molar-refractivity contribution in [2.24, 2.45) is 5.92 Å². The second kappa shape index (κ2) is 5.32. The summed E-state index contributed by atoms with van der Waals surface area (Å²) in [5.41, 5.74) is -0.739. The Hall–Kier alpha value is -1.38. The zero-order valence-corrected chi connectivity index (χ0v) is 9.48. The Morgan fingerprint density at radius 3 is 2.00 bits per heavy atom. The molecule has 0 spiro atoms. The van der Waals surface area contributed by atoms with Gasteiger partial charge in [-0.15, -0.1) is 0 Å². The van der Waals surface area contributed by atoms with Gasteiger partial charge in [0.1, 0.15) is 5.82 Å². The second-order valence-electron chi connectivity index (χ2n) is 3.72. The van der Waals surface area contributed by atoms with E-state index in [1.807, 2.05) is 5.32 Å². The van der Waals surface area contributed by atoms with Crippen molar-refractivity contribution in [3.8, 4) is 0 Å². The molecule has 1 heterocycles. The van der Waals surface area contributed by atoms with Crippen LogP contribution in [0.2, 0.25) is 0 Å². The molecule has 1 aromatic heterocycles. The number of pyridine rings is 1. The zero-order valence-electron chi connectivity index (χ0n) is 9.48. The monoisotopic (exact) mass is 290 g/mol. The van der Waals surface area contributed by atoms with Crippen LogP contribution in [0.15, 0.2) is 18.5 Å². The molecule has 0 bridgehead atoms. The third-order valence-electron chi connectivity index (χ3n) is 2.49. The van der Waals surface area contributed by atoms with E-state index in [1.165, 1.54) is 0 Å². The average molecular weight is 290 g/mol. The zero-order chi connectivity index (χ0) is 14.8. The molecule has 1 rings (SSSR count). The molecule has 19 heavy (non-hydrogen) atoms. The van der Waals surface area contributed by atoms with Gasteiger partial charge in [-0.1, -0.05) is 0 Å². The summed E-state index contributed by atoms with van der Waals surface area (Å²) in [6.45, 7) is 0. The topological polar surface area (TPSA) is 24.9 Å². The lowest BCUT2D eigenvalue weighted by Crippen LogP contribution is -2.45. The van der Waals surface area contributed by atoms with Crippen molar-refractivity contribution < 1.29 is 30.7 Å². The minimum atomic E-state index is -5.55. The van der Waals surface area contributed by atoms with Crippen LogP contribution in [0.3, 0.4) is 0 Å². The highest BCUT2D eigenvalue weighted by atomic mass is 19.4. The molecule has 0 aliphatic carbocycles. The first-order chi connectivity index (χ1) is 8.59. The Labute approximate surface area is 103 Å². The van der Waals surface area contributed by atoms with E-state index in [4.69, 9.17) is 0 Å². The van der Waals surface area contributed by atoms with Crippen LogP contribution in [0, 0.1) is 11.7 Å². The summed E-state index contributed by atoms with van der Waals surface area (Å²) >= 11 is 0. The van der Waals surface area contributed by atoms with Gasteiger partial charge in [0.2, 0.25) is 0 Å². The van der Waals surface area contributed by atoms with E-state index in [0.717, 1.165) is 19.3 Å². The summed E-state index contributed by atoms with van der Waals surface area (Å²) in [5, 5.41) is 1.86. The summed E-state index contributed by atoms with van der Waals surface area (Å²) < 4.78 is 88.8. The quantitative estimate of drug-likeness (QED) is 0.865. The van der Waals surface area contributed by atoms with Gasteiger partial charge in [0, 0.05) is 11.8 Å². The van der Waals surface area contributed by atoms with Gasteiger partial charge in [-0.2, -0.15) is 26.3 Å². The highest BCUT2D eigenvalue weighted by Gasteiger charge is 2.60. The van der Waals surface area contributed by atoms with E-state index in [-0.39, 0.29) is 0 Å². The smallest absolute Gasteiger partial charge is 0.312 e.